The SMILES string of the molecule is Cc1ccc(CC(c2cccc(Cl)c2)c2nc(-c3ccc(CNCCCP(=O)(O)O)cc3)no2)cc1C. The highest BCUT2D eigenvalue weighted by molar-refractivity contribution is 7.51. The summed E-state index contributed by atoms with van der Waals surface area (Å²) in [5, 5.41) is 8.12. The topological polar surface area (TPSA) is 108 Å². The van der Waals surface area contributed by atoms with Crippen LogP contribution in [0.25, 0.3) is 11.4 Å². The molecule has 3 aromatic carbocycles. The molecular formula is C28H31ClN3O4P. The minimum absolute atomic E-state index is 0.112. The van der Waals surface area contributed by atoms with Crippen molar-refractivity contribution < 1.29 is 18.9 Å². The minimum Gasteiger partial charge on any atom is -0.338 e. The number of hydrogen-bond donors (Lipinski definition) is 3. The number of rotatable bonds is 11. The lowest BCUT2D eigenvalue weighted by Crippen LogP contribution is -2.15. The predicted molar refractivity (Wildman–Crippen MR) is 146 cm³/mol. The molecule has 0 aliphatic rings. The van der Waals surface area contributed by atoms with Gasteiger partial charge < -0.3 is 19.6 Å². The first-order chi connectivity index (χ1) is 17.7. The fourth-order valence-electron chi connectivity index (χ4n) is 4.15. The maximum absolute atomic E-state index is 10.9. The smallest absolute Gasteiger partial charge is 0.325 e. The summed E-state index contributed by atoms with van der Waals surface area (Å²) in [6, 6.07) is 22.1. The second kappa shape index (κ2) is 12.2. The van der Waals surface area contributed by atoms with E-state index in [9.17, 15) is 4.57 Å². The van der Waals surface area contributed by atoms with Crippen molar-refractivity contribution in [3.8, 4) is 11.4 Å². The number of nitrogens with one attached hydrogen (secondary N) is 1. The Bertz CT molecular complexity index is 1380. The Kier molecular flexibility index (Phi) is 8.95. The van der Waals surface area contributed by atoms with Gasteiger partial charge in [-0.25, -0.2) is 0 Å². The summed E-state index contributed by atoms with van der Waals surface area (Å²) >= 11 is 6.31. The van der Waals surface area contributed by atoms with Gasteiger partial charge in [0.25, 0.3) is 0 Å². The maximum Gasteiger partial charge on any atom is 0.325 e. The zero-order chi connectivity index (χ0) is 26.4. The number of aromatic nitrogens is 2. The summed E-state index contributed by atoms with van der Waals surface area (Å²) in [5.41, 5.74) is 6.59. The van der Waals surface area contributed by atoms with E-state index in [1.807, 2.05) is 48.5 Å². The molecule has 0 aliphatic carbocycles. The zero-order valence-corrected chi connectivity index (χ0v) is 22.5. The predicted octanol–water partition coefficient (Wildman–Crippen LogP) is 6.04. The van der Waals surface area contributed by atoms with E-state index in [-0.39, 0.29) is 12.1 Å². The Morgan fingerprint density at radius 1 is 1.00 bits per heavy atom. The van der Waals surface area contributed by atoms with Gasteiger partial charge in [-0.05, 0) is 73.2 Å². The van der Waals surface area contributed by atoms with Gasteiger partial charge in [0.15, 0.2) is 0 Å². The molecular weight excluding hydrogens is 509 g/mol. The number of aryl methyl sites for hydroxylation is 2. The third-order valence-electron chi connectivity index (χ3n) is 6.35. The highest BCUT2D eigenvalue weighted by atomic mass is 35.5. The second-order valence-electron chi connectivity index (χ2n) is 9.30. The van der Waals surface area contributed by atoms with Crippen LogP contribution in [0.1, 0.15) is 46.0 Å². The lowest BCUT2D eigenvalue weighted by atomic mass is 9.90. The molecule has 4 aromatic rings. The van der Waals surface area contributed by atoms with E-state index in [0.717, 1.165) is 16.7 Å². The highest BCUT2D eigenvalue weighted by Crippen LogP contribution is 2.34. The molecule has 7 nitrogen and oxygen atoms in total. The Morgan fingerprint density at radius 2 is 1.76 bits per heavy atom. The van der Waals surface area contributed by atoms with Crippen LogP contribution in [0, 0.1) is 13.8 Å². The van der Waals surface area contributed by atoms with Crippen molar-refractivity contribution in [1.82, 2.24) is 15.5 Å². The van der Waals surface area contributed by atoms with Crippen LogP contribution in [0.4, 0.5) is 0 Å². The summed E-state index contributed by atoms with van der Waals surface area (Å²) in [4.78, 5) is 22.6. The first-order valence-corrected chi connectivity index (χ1v) is 14.4. The lowest BCUT2D eigenvalue weighted by Gasteiger charge is -2.15. The van der Waals surface area contributed by atoms with Crippen molar-refractivity contribution in [2.75, 3.05) is 12.7 Å². The number of benzene rings is 3. The standard InChI is InChI=1S/C28H31ClN3O4P/c1-19-7-8-22(15-20(19)2)16-26(24-5-3-6-25(29)17-24)28-31-27(32-36-28)23-11-9-21(10-12-23)18-30-13-4-14-37(33,34)35/h3,5-12,15,17,26,30H,4,13-14,16,18H2,1-2H3,(H2,33,34,35). The van der Waals surface area contributed by atoms with Gasteiger partial charge in [-0.1, -0.05) is 71.4 Å². The van der Waals surface area contributed by atoms with Crippen LogP contribution in [0.3, 0.4) is 0 Å². The van der Waals surface area contributed by atoms with E-state index in [1.54, 1.807) is 0 Å². The summed E-state index contributed by atoms with van der Waals surface area (Å²) < 4.78 is 16.7. The molecule has 0 bridgehead atoms. The first kappa shape index (κ1) is 27.2. The fraction of sp³-hybridized carbons (Fsp3) is 0.286. The van der Waals surface area contributed by atoms with Crippen molar-refractivity contribution in [2.45, 2.75) is 39.2 Å². The van der Waals surface area contributed by atoms with Crippen LogP contribution in [-0.4, -0.2) is 32.6 Å². The molecule has 0 aliphatic heterocycles. The van der Waals surface area contributed by atoms with Crippen LogP contribution >= 0.6 is 19.2 Å². The molecule has 1 heterocycles. The molecule has 0 fully saturated rings. The van der Waals surface area contributed by atoms with E-state index in [0.29, 0.717) is 42.7 Å². The van der Waals surface area contributed by atoms with Crippen molar-refractivity contribution in [3.05, 3.63) is 105 Å². The van der Waals surface area contributed by atoms with Gasteiger partial charge in [-0.2, -0.15) is 4.98 Å². The molecule has 194 valence electrons. The molecule has 0 radical (unpaired) electrons. The normalized spacial score (nSPS) is 12.6. The molecule has 0 saturated carbocycles. The maximum atomic E-state index is 10.9. The van der Waals surface area contributed by atoms with Gasteiger partial charge in [0, 0.05) is 17.1 Å². The third-order valence-corrected chi connectivity index (χ3v) is 7.48. The van der Waals surface area contributed by atoms with Gasteiger partial charge in [-0.15, -0.1) is 0 Å². The van der Waals surface area contributed by atoms with Crippen LogP contribution in [0.5, 0.6) is 0 Å². The molecule has 9 heteroatoms. The van der Waals surface area contributed by atoms with Crippen molar-refractivity contribution >= 4 is 19.2 Å². The molecule has 1 unspecified atom stereocenters. The summed E-state index contributed by atoms with van der Waals surface area (Å²) in [7, 11) is -3.94. The molecule has 0 spiro atoms. The largest absolute Gasteiger partial charge is 0.338 e. The summed E-state index contributed by atoms with van der Waals surface area (Å²) in [5.74, 6) is 0.910. The molecule has 1 atom stereocenters. The molecule has 37 heavy (non-hydrogen) atoms. The van der Waals surface area contributed by atoms with Gasteiger partial charge in [-0.3, -0.25) is 4.57 Å². The first-order valence-electron chi connectivity index (χ1n) is 12.2. The van der Waals surface area contributed by atoms with Crippen LogP contribution in [0.15, 0.2) is 71.3 Å². The molecule has 4 rings (SSSR count). The van der Waals surface area contributed by atoms with Gasteiger partial charge in [0.1, 0.15) is 0 Å². The molecule has 0 amide bonds. The lowest BCUT2D eigenvalue weighted by molar-refractivity contribution is 0.365. The zero-order valence-electron chi connectivity index (χ0n) is 20.9. The quantitative estimate of drug-likeness (QED) is 0.157. The Labute approximate surface area is 222 Å². The van der Waals surface area contributed by atoms with Gasteiger partial charge in [0.2, 0.25) is 11.7 Å². The second-order valence-corrected chi connectivity index (χ2v) is 11.5. The van der Waals surface area contributed by atoms with Crippen LogP contribution in [0.2, 0.25) is 5.02 Å². The average Bonchev–Trinajstić information content (AvgIpc) is 3.34. The highest BCUT2D eigenvalue weighted by Gasteiger charge is 2.23. The van der Waals surface area contributed by atoms with Gasteiger partial charge in [0.05, 0.1) is 12.1 Å². The minimum atomic E-state index is -3.94. The summed E-state index contributed by atoms with van der Waals surface area (Å²) in [6.45, 7) is 5.35. The number of hydrogen-bond acceptors (Lipinski definition) is 5. The Hall–Kier alpha value is -2.80. The fourth-order valence-corrected chi connectivity index (χ4v) is 4.91. The van der Waals surface area contributed by atoms with E-state index < -0.39 is 7.60 Å². The Morgan fingerprint density at radius 3 is 2.46 bits per heavy atom. The monoisotopic (exact) mass is 539 g/mol. The van der Waals surface area contributed by atoms with Crippen LogP contribution in [-0.2, 0) is 17.5 Å². The van der Waals surface area contributed by atoms with E-state index >= 15 is 0 Å². The van der Waals surface area contributed by atoms with Gasteiger partial charge >= 0.3 is 7.60 Å². The van der Waals surface area contributed by atoms with E-state index in [2.05, 4.69) is 42.5 Å². The third kappa shape index (κ3) is 7.84. The van der Waals surface area contributed by atoms with Crippen LogP contribution < -0.4 is 5.32 Å². The van der Waals surface area contributed by atoms with Crippen molar-refractivity contribution in [2.24, 2.45) is 0 Å². The van der Waals surface area contributed by atoms with Crippen molar-refractivity contribution in [1.29, 1.82) is 0 Å². The number of nitrogens with zero attached hydrogens (tertiary/aromatic N) is 2. The summed E-state index contributed by atoms with van der Waals surface area (Å²) in [6.07, 6.45) is 1.01. The Balaban J connectivity index is 1.48. The number of halogens is 1. The van der Waals surface area contributed by atoms with E-state index in [4.69, 9.17) is 30.9 Å². The molecule has 1 aromatic heterocycles. The average molecular weight is 540 g/mol. The molecule has 3 N–H and O–H groups in total. The molecule has 0 saturated heterocycles. The van der Waals surface area contributed by atoms with E-state index in [1.165, 1.54) is 16.7 Å². The van der Waals surface area contributed by atoms with Crippen molar-refractivity contribution in [3.63, 3.8) is 0 Å².